The highest BCUT2D eigenvalue weighted by Crippen LogP contribution is 2.43. The van der Waals surface area contributed by atoms with E-state index in [4.69, 9.17) is 23.8 Å². The molecule has 0 aromatic heterocycles. The maximum absolute atomic E-state index is 12.6. The van der Waals surface area contributed by atoms with E-state index >= 15 is 0 Å². The lowest BCUT2D eigenvalue weighted by atomic mass is 10.1. The standard InChI is InChI=1S/C42H72O14P2/c1-3-5-7-8-9-10-11-12-13-14-15-18-22-25-29-33-42(46)56-40(37-55-58(50,51)54-35-39(44)34-53-57(47,48)49)36-52-41(45)32-28-24-21-19-16-17-20-23-27-31-38(43)30-26-6-4-2/h5,7,9-10,12-13,20,23,27,31,39-40,44H,3-4,6,8,11,14-19,21-22,24-26,28-30,32-37H2,1-2H3,(H,50,51)(H2,47,48,49)/b7-5-,10-9-,13-12-,23-20-,31-27+/t39-,40+/m0/s1. The highest BCUT2D eigenvalue weighted by molar-refractivity contribution is 7.47. The molecular weight excluding hydrogens is 790 g/mol. The topological polar surface area (TPSA) is 212 Å². The monoisotopic (exact) mass is 862 g/mol. The van der Waals surface area contributed by atoms with Crippen LogP contribution in [-0.2, 0) is 46.6 Å². The number of carbonyl (C=O) groups excluding carboxylic acids is 3. The van der Waals surface area contributed by atoms with Gasteiger partial charge in [0.05, 0.1) is 19.8 Å². The second-order valence-electron chi connectivity index (χ2n) is 13.9. The molecule has 3 atom stereocenters. The predicted molar refractivity (Wildman–Crippen MR) is 226 cm³/mol. The first-order chi connectivity index (χ1) is 27.8. The van der Waals surface area contributed by atoms with Crippen molar-refractivity contribution in [3.63, 3.8) is 0 Å². The van der Waals surface area contributed by atoms with Gasteiger partial charge in [-0.3, -0.25) is 28.0 Å². The second kappa shape index (κ2) is 37.5. The van der Waals surface area contributed by atoms with Crippen LogP contribution < -0.4 is 0 Å². The number of allylic oxidation sites excluding steroid dienone is 10. The Balaban J connectivity index is 4.64. The molecule has 0 heterocycles. The summed E-state index contributed by atoms with van der Waals surface area (Å²) in [4.78, 5) is 64.4. The number of aliphatic hydroxyl groups is 1. The summed E-state index contributed by atoms with van der Waals surface area (Å²) in [6.45, 7) is 1.41. The maximum Gasteiger partial charge on any atom is 0.472 e. The number of esters is 2. The van der Waals surface area contributed by atoms with Crippen molar-refractivity contribution in [3.8, 4) is 0 Å². The Morgan fingerprint density at radius 2 is 1.10 bits per heavy atom. The summed E-state index contributed by atoms with van der Waals surface area (Å²) >= 11 is 0. The molecule has 0 aromatic rings. The zero-order chi connectivity index (χ0) is 43.2. The number of hydrogen-bond donors (Lipinski definition) is 4. The number of rotatable bonds is 39. The van der Waals surface area contributed by atoms with Gasteiger partial charge in [-0.2, -0.15) is 0 Å². The van der Waals surface area contributed by atoms with Gasteiger partial charge in [0.25, 0.3) is 0 Å². The fourth-order valence-corrected chi connectivity index (χ4v) is 6.32. The predicted octanol–water partition coefficient (Wildman–Crippen LogP) is 9.63. The Hall–Kier alpha value is -2.51. The lowest BCUT2D eigenvalue weighted by molar-refractivity contribution is -0.161. The lowest BCUT2D eigenvalue weighted by Crippen LogP contribution is -2.30. The van der Waals surface area contributed by atoms with Crippen LogP contribution in [0.4, 0.5) is 0 Å². The number of carbonyl (C=O) groups is 3. The van der Waals surface area contributed by atoms with Crippen molar-refractivity contribution >= 4 is 33.4 Å². The first kappa shape index (κ1) is 55.5. The molecule has 16 heteroatoms. The van der Waals surface area contributed by atoms with Crippen LogP contribution in [0.25, 0.3) is 0 Å². The van der Waals surface area contributed by atoms with E-state index in [1.54, 1.807) is 12.2 Å². The van der Waals surface area contributed by atoms with Gasteiger partial charge in [0.2, 0.25) is 0 Å². The lowest BCUT2D eigenvalue weighted by Gasteiger charge is -2.20. The molecule has 0 bridgehead atoms. The van der Waals surface area contributed by atoms with E-state index in [2.05, 4.69) is 59.4 Å². The summed E-state index contributed by atoms with van der Waals surface area (Å²) in [7, 11) is -9.71. The third-order valence-corrected chi connectivity index (χ3v) is 9.79. The van der Waals surface area contributed by atoms with Crippen LogP contribution in [-0.4, -0.2) is 76.1 Å². The summed E-state index contributed by atoms with van der Waals surface area (Å²) in [5.41, 5.74) is 0. The molecule has 0 aliphatic carbocycles. The van der Waals surface area contributed by atoms with E-state index in [9.17, 15) is 33.5 Å². The first-order valence-corrected chi connectivity index (χ1v) is 24.0. The van der Waals surface area contributed by atoms with Crippen molar-refractivity contribution in [1.82, 2.24) is 0 Å². The van der Waals surface area contributed by atoms with Crippen LogP contribution in [0.5, 0.6) is 0 Å². The minimum absolute atomic E-state index is 0.0917. The highest BCUT2D eigenvalue weighted by atomic mass is 31.2. The third kappa shape index (κ3) is 40.3. The van der Waals surface area contributed by atoms with Gasteiger partial charge in [-0.25, -0.2) is 9.13 Å². The summed E-state index contributed by atoms with van der Waals surface area (Å²) in [5, 5.41) is 9.73. The van der Waals surface area contributed by atoms with Crippen LogP contribution in [0.1, 0.15) is 149 Å². The number of phosphoric acid groups is 2. The Bertz CT molecular complexity index is 1320. The number of ketones is 1. The van der Waals surface area contributed by atoms with Gasteiger partial charge in [-0.15, -0.1) is 0 Å². The van der Waals surface area contributed by atoms with Gasteiger partial charge < -0.3 is 29.3 Å². The molecule has 0 saturated carbocycles. The number of phosphoric ester groups is 2. The molecule has 0 rings (SSSR count). The van der Waals surface area contributed by atoms with Crippen molar-refractivity contribution in [1.29, 1.82) is 0 Å². The fourth-order valence-electron chi connectivity index (χ4n) is 5.17. The molecule has 0 amide bonds. The van der Waals surface area contributed by atoms with Gasteiger partial charge in [-0.05, 0) is 70.3 Å². The van der Waals surface area contributed by atoms with E-state index in [1.165, 1.54) is 0 Å². The molecule has 0 aromatic carbocycles. The Kier molecular flexibility index (Phi) is 35.9. The minimum atomic E-state index is -4.88. The van der Waals surface area contributed by atoms with Crippen LogP contribution in [0, 0.1) is 0 Å². The number of ether oxygens (including phenoxy) is 2. The molecule has 58 heavy (non-hydrogen) atoms. The molecule has 14 nitrogen and oxygen atoms in total. The van der Waals surface area contributed by atoms with Crippen LogP contribution >= 0.6 is 15.6 Å². The van der Waals surface area contributed by atoms with E-state index in [0.717, 1.165) is 103 Å². The normalized spacial score (nSPS) is 14.6. The van der Waals surface area contributed by atoms with Crippen molar-refractivity contribution < 1.29 is 66.3 Å². The summed E-state index contributed by atoms with van der Waals surface area (Å²) in [6, 6.07) is 0. The highest BCUT2D eigenvalue weighted by Gasteiger charge is 2.28. The quantitative estimate of drug-likeness (QED) is 0.0113. The van der Waals surface area contributed by atoms with Gasteiger partial charge in [0.15, 0.2) is 11.9 Å². The van der Waals surface area contributed by atoms with Crippen LogP contribution in [0.3, 0.4) is 0 Å². The number of hydrogen-bond acceptors (Lipinski definition) is 11. The fraction of sp³-hybridized carbons (Fsp3) is 0.690. The van der Waals surface area contributed by atoms with Crippen molar-refractivity contribution in [2.45, 2.75) is 161 Å². The Morgan fingerprint density at radius 3 is 1.74 bits per heavy atom. The number of aliphatic hydroxyl groups excluding tert-OH is 1. The SMILES string of the molecule is CC/C=C\C/C=C\C/C=C\CCCCCCCC(=O)O[C@H](COC(=O)CCCCCCC/C=C\C=C\C(=O)CCCCC)COP(=O)(O)OC[C@@H](O)COP(=O)(O)O. The second-order valence-corrected chi connectivity index (χ2v) is 16.6. The van der Waals surface area contributed by atoms with Gasteiger partial charge in [0.1, 0.15) is 12.7 Å². The number of unbranched alkanes of at least 4 members (excludes halogenated alkanes) is 12. The molecule has 1 unspecified atom stereocenters. The van der Waals surface area contributed by atoms with E-state index in [-0.39, 0.29) is 18.6 Å². The molecule has 0 fully saturated rings. The van der Waals surface area contributed by atoms with Crippen LogP contribution in [0.15, 0.2) is 60.8 Å². The molecular formula is C42H72O14P2. The van der Waals surface area contributed by atoms with Crippen molar-refractivity contribution in [3.05, 3.63) is 60.8 Å². The molecule has 4 N–H and O–H groups in total. The third-order valence-electron chi connectivity index (χ3n) is 8.36. The zero-order valence-electron chi connectivity index (χ0n) is 34.9. The van der Waals surface area contributed by atoms with E-state index in [1.807, 2.05) is 12.2 Å². The average molecular weight is 863 g/mol. The summed E-state index contributed by atoms with van der Waals surface area (Å²) in [5.74, 6) is -0.969. The molecule has 334 valence electrons. The molecule has 0 aliphatic rings. The van der Waals surface area contributed by atoms with Crippen LogP contribution in [0.2, 0.25) is 0 Å². The van der Waals surface area contributed by atoms with Gasteiger partial charge in [0, 0.05) is 19.3 Å². The minimum Gasteiger partial charge on any atom is -0.462 e. The summed E-state index contributed by atoms with van der Waals surface area (Å²) in [6.07, 6.45) is 34.8. The smallest absolute Gasteiger partial charge is 0.462 e. The largest absolute Gasteiger partial charge is 0.472 e. The first-order valence-electron chi connectivity index (χ1n) is 20.9. The molecule has 0 spiro atoms. The average Bonchev–Trinajstić information content (AvgIpc) is 3.17. The summed E-state index contributed by atoms with van der Waals surface area (Å²) < 4.78 is 47.6. The maximum atomic E-state index is 12.6. The molecule has 0 aliphatic heterocycles. The van der Waals surface area contributed by atoms with Gasteiger partial charge in [-0.1, -0.05) is 120 Å². The van der Waals surface area contributed by atoms with E-state index in [0.29, 0.717) is 19.3 Å². The van der Waals surface area contributed by atoms with Gasteiger partial charge >= 0.3 is 27.6 Å². The molecule has 0 saturated heterocycles. The Labute approximate surface area is 347 Å². The van der Waals surface area contributed by atoms with Crippen molar-refractivity contribution in [2.75, 3.05) is 26.4 Å². The Morgan fingerprint density at radius 1 is 0.569 bits per heavy atom. The van der Waals surface area contributed by atoms with Crippen molar-refractivity contribution in [2.24, 2.45) is 0 Å². The zero-order valence-corrected chi connectivity index (χ0v) is 36.7. The molecule has 0 radical (unpaired) electrons. The van der Waals surface area contributed by atoms with E-state index < -0.39 is 66.2 Å².